The minimum absolute atomic E-state index is 0.00194. The van der Waals surface area contributed by atoms with Crippen molar-refractivity contribution in [2.45, 2.75) is 103 Å². The molecule has 3 heteroatoms. The molecule has 1 rings (SSSR count). The van der Waals surface area contributed by atoms with Crippen molar-refractivity contribution in [3.63, 3.8) is 0 Å². The minimum Gasteiger partial charge on any atom is -0.460 e. The van der Waals surface area contributed by atoms with Gasteiger partial charge in [-0.25, -0.2) is 0 Å². The molecule has 162 valence electrons. The van der Waals surface area contributed by atoms with Gasteiger partial charge in [0.1, 0.15) is 13.2 Å². The molecule has 3 nitrogen and oxygen atoms in total. The van der Waals surface area contributed by atoms with E-state index in [0.29, 0.717) is 13.0 Å². The molecule has 1 fully saturated rings. The first-order valence-electron chi connectivity index (χ1n) is 12.1. The van der Waals surface area contributed by atoms with E-state index >= 15 is 0 Å². The zero-order valence-corrected chi connectivity index (χ0v) is 18.6. The Labute approximate surface area is 174 Å². The van der Waals surface area contributed by atoms with Crippen LogP contribution in [0.25, 0.3) is 0 Å². The summed E-state index contributed by atoms with van der Waals surface area (Å²) >= 11 is 0. The van der Waals surface area contributed by atoms with Crippen molar-refractivity contribution in [2.75, 3.05) is 26.2 Å². The van der Waals surface area contributed by atoms with E-state index in [-0.39, 0.29) is 5.97 Å². The summed E-state index contributed by atoms with van der Waals surface area (Å²) in [5, 5.41) is 0. The highest BCUT2D eigenvalue weighted by atomic mass is 16.5. The number of unbranched alkanes of at least 4 members (excludes halogenated alkanes) is 8. The fraction of sp³-hybridized carbons (Fsp3) is 0.800. The Bertz CT molecular complexity index is 411. The quantitative estimate of drug-likeness (QED) is 0.204. The Kier molecular flexibility index (Phi) is 17.1. The molecular weight excluding hydrogens is 346 g/mol. The van der Waals surface area contributed by atoms with Gasteiger partial charge in [0.05, 0.1) is 13.1 Å². The average Bonchev–Trinajstić information content (AvgIpc) is 2.71. The van der Waals surface area contributed by atoms with Gasteiger partial charge in [-0.2, -0.15) is 0 Å². The summed E-state index contributed by atoms with van der Waals surface area (Å²) in [4.78, 5) is 13.4. The Balaban J connectivity index is 1.80. The van der Waals surface area contributed by atoms with Gasteiger partial charge in [-0.15, -0.1) is 0 Å². The van der Waals surface area contributed by atoms with Gasteiger partial charge < -0.3 is 9.64 Å². The van der Waals surface area contributed by atoms with Crippen molar-refractivity contribution in [1.29, 1.82) is 0 Å². The van der Waals surface area contributed by atoms with Crippen LogP contribution >= 0.6 is 0 Å². The topological polar surface area (TPSA) is 30.7 Å². The number of rotatable bonds is 17. The summed E-state index contributed by atoms with van der Waals surface area (Å²) < 4.78 is 5.39. The molecule has 0 spiro atoms. The van der Waals surface area contributed by atoms with Crippen LogP contribution in [0.1, 0.15) is 103 Å². The van der Waals surface area contributed by atoms with Crippen molar-refractivity contribution >= 4 is 5.97 Å². The molecule has 1 saturated heterocycles. The molecule has 1 aliphatic rings. The van der Waals surface area contributed by atoms with Crippen molar-refractivity contribution in [3.05, 3.63) is 24.3 Å². The van der Waals surface area contributed by atoms with E-state index in [1.54, 1.807) is 4.90 Å². The molecule has 28 heavy (non-hydrogen) atoms. The van der Waals surface area contributed by atoms with Crippen LogP contribution in [0.5, 0.6) is 0 Å². The SMILES string of the molecule is CCCCC/C=C\C/C=C/CCCCCCCC(=O)OCC[NH+]1CCCCC1. The highest BCUT2D eigenvalue weighted by molar-refractivity contribution is 5.69. The molecule has 0 aromatic rings. The number of allylic oxidation sites excluding steroid dienone is 4. The second-order valence-corrected chi connectivity index (χ2v) is 8.26. The van der Waals surface area contributed by atoms with Gasteiger partial charge in [-0.1, -0.05) is 63.3 Å². The third kappa shape index (κ3) is 15.9. The van der Waals surface area contributed by atoms with Gasteiger partial charge in [-0.3, -0.25) is 4.79 Å². The van der Waals surface area contributed by atoms with Crippen molar-refractivity contribution in [3.8, 4) is 0 Å². The number of esters is 1. The van der Waals surface area contributed by atoms with E-state index < -0.39 is 0 Å². The largest absolute Gasteiger partial charge is 0.460 e. The van der Waals surface area contributed by atoms with Gasteiger partial charge in [0.25, 0.3) is 0 Å². The summed E-state index contributed by atoms with van der Waals surface area (Å²) in [5.74, 6) is 0.00194. The predicted octanol–water partition coefficient (Wildman–Crippen LogP) is 5.41. The van der Waals surface area contributed by atoms with Crippen LogP contribution in [-0.2, 0) is 9.53 Å². The highest BCUT2D eigenvalue weighted by Gasteiger charge is 2.13. The van der Waals surface area contributed by atoms with Crippen LogP contribution < -0.4 is 4.90 Å². The molecule has 0 saturated carbocycles. The van der Waals surface area contributed by atoms with Crippen LogP contribution in [0.2, 0.25) is 0 Å². The highest BCUT2D eigenvalue weighted by Crippen LogP contribution is 2.08. The Hall–Kier alpha value is -1.09. The van der Waals surface area contributed by atoms with Gasteiger partial charge in [0.2, 0.25) is 0 Å². The second-order valence-electron chi connectivity index (χ2n) is 8.26. The standard InChI is InChI=1S/C25H45NO2/c1-2-3-4-5-6-7-8-9-10-11-12-13-14-15-17-20-25(27)28-24-23-26-21-18-16-19-22-26/h6-7,9-10H,2-5,8,11-24H2,1H3/p+1/b7-6-,10-9+. The van der Waals surface area contributed by atoms with Gasteiger partial charge in [0, 0.05) is 6.42 Å². The average molecular weight is 393 g/mol. The fourth-order valence-corrected chi connectivity index (χ4v) is 3.76. The molecule has 0 atom stereocenters. The van der Waals surface area contributed by atoms with Crippen LogP contribution in [-0.4, -0.2) is 32.2 Å². The maximum Gasteiger partial charge on any atom is 0.305 e. The van der Waals surface area contributed by atoms with Crippen molar-refractivity contribution < 1.29 is 14.4 Å². The predicted molar refractivity (Wildman–Crippen MR) is 120 cm³/mol. The smallest absolute Gasteiger partial charge is 0.305 e. The van der Waals surface area contributed by atoms with Crippen LogP contribution in [0.4, 0.5) is 0 Å². The van der Waals surface area contributed by atoms with Crippen LogP contribution in [0, 0.1) is 0 Å². The first-order chi connectivity index (χ1) is 13.8. The van der Waals surface area contributed by atoms with E-state index in [0.717, 1.165) is 25.8 Å². The van der Waals surface area contributed by atoms with Crippen molar-refractivity contribution in [2.24, 2.45) is 0 Å². The van der Waals surface area contributed by atoms with Crippen molar-refractivity contribution in [1.82, 2.24) is 0 Å². The van der Waals surface area contributed by atoms with E-state index in [4.69, 9.17) is 4.74 Å². The molecule has 0 aliphatic carbocycles. The van der Waals surface area contributed by atoms with Gasteiger partial charge in [-0.05, 0) is 57.8 Å². The molecule has 1 N–H and O–H groups in total. The van der Waals surface area contributed by atoms with Gasteiger partial charge >= 0.3 is 5.97 Å². The van der Waals surface area contributed by atoms with E-state index in [2.05, 4.69) is 31.2 Å². The third-order valence-corrected chi connectivity index (χ3v) is 5.61. The lowest BCUT2D eigenvalue weighted by molar-refractivity contribution is -0.905. The lowest BCUT2D eigenvalue weighted by atomic mass is 10.1. The van der Waals surface area contributed by atoms with E-state index in [1.807, 2.05) is 0 Å². The summed E-state index contributed by atoms with van der Waals surface area (Å²) in [6, 6.07) is 0. The number of piperidine rings is 1. The number of hydrogen-bond acceptors (Lipinski definition) is 2. The monoisotopic (exact) mass is 392 g/mol. The number of carbonyl (C=O) groups excluding carboxylic acids is 1. The Morgan fingerprint density at radius 2 is 1.46 bits per heavy atom. The zero-order valence-electron chi connectivity index (χ0n) is 18.6. The number of likely N-dealkylation sites (tertiary alicyclic amines) is 1. The maximum atomic E-state index is 11.8. The summed E-state index contributed by atoms with van der Waals surface area (Å²) in [7, 11) is 0. The number of nitrogens with one attached hydrogen (secondary N) is 1. The summed E-state index contributed by atoms with van der Waals surface area (Å²) in [6.45, 7) is 6.35. The third-order valence-electron chi connectivity index (χ3n) is 5.61. The molecule has 1 aliphatic heterocycles. The lowest BCUT2D eigenvalue weighted by Crippen LogP contribution is -3.13. The number of hydrogen-bond donors (Lipinski definition) is 1. The minimum atomic E-state index is 0.00194. The van der Waals surface area contributed by atoms with Crippen LogP contribution in [0.3, 0.4) is 0 Å². The maximum absolute atomic E-state index is 11.8. The summed E-state index contributed by atoms with van der Waals surface area (Å²) in [6.07, 6.45) is 27.2. The molecular formula is C25H46NO2+. The normalized spacial score (nSPS) is 15.6. The molecule has 0 aromatic carbocycles. The Morgan fingerprint density at radius 1 is 0.821 bits per heavy atom. The fourth-order valence-electron chi connectivity index (χ4n) is 3.76. The van der Waals surface area contributed by atoms with Gasteiger partial charge in [0.15, 0.2) is 0 Å². The number of ether oxygens (including phenoxy) is 1. The van der Waals surface area contributed by atoms with E-state index in [9.17, 15) is 4.79 Å². The first kappa shape index (κ1) is 24.9. The summed E-state index contributed by atoms with van der Waals surface area (Å²) in [5.41, 5.74) is 0. The molecule has 0 radical (unpaired) electrons. The molecule has 0 unspecified atom stereocenters. The second kappa shape index (κ2) is 19.2. The van der Waals surface area contributed by atoms with E-state index in [1.165, 1.54) is 83.7 Å². The molecule has 0 bridgehead atoms. The first-order valence-corrected chi connectivity index (χ1v) is 12.1. The molecule has 0 aromatic heterocycles. The van der Waals surface area contributed by atoms with Crippen LogP contribution in [0.15, 0.2) is 24.3 Å². The zero-order chi connectivity index (χ0) is 20.1. The number of quaternary nitrogens is 1. The molecule has 1 heterocycles. The number of carbonyl (C=O) groups is 1. The Morgan fingerprint density at radius 3 is 2.18 bits per heavy atom. The lowest BCUT2D eigenvalue weighted by Gasteiger charge is -2.23. The molecule has 0 amide bonds.